The molecule has 8 heteroatoms. The number of hydrogen-bond acceptors (Lipinski definition) is 8. The van der Waals surface area contributed by atoms with Gasteiger partial charge >= 0.3 is 5.97 Å². The van der Waals surface area contributed by atoms with Gasteiger partial charge in [0.25, 0.3) is 0 Å². The summed E-state index contributed by atoms with van der Waals surface area (Å²) in [5, 5.41) is 9.28. The zero-order valence-electron chi connectivity index (χ0n) is 13.4. The number of carbonyl (C=O) groups excluding carboxylic acids is 1. The van der Waals surface area contributed by atoms with Gasteiger partial charge in [0.1, 0.15) is 17.5 Å². The highest BCUT2D eigenvalue weighted by molar-refractivity contribution is 5.77. The lowest BCUT2D eigenvalue weighted by Gasteiger charge is -2.13. The zero-order chi connectivity index (χ0) is 17.7. The average Bonchev–Trinajstić information content (AvgIpc) is 2.55. The Bertz CT molecular complexity index is 814. The van der Waals surface area contributed by atoms with E-state index in [-0.39, 0.29) is 35.4 Å². The Morgan fingerprint density at radius 3 is 2.62 bits per heavy atom. The number of carbonyl (C=O) groups is 1. The van der Waals surface area contributed by atoms with Gasteiger partial charge in [-0.05, 0) is 25.1 Å². The van der Waals surface area contributed by atoms with Crippen molar-refractivity contribution in [3.63, 3.8) is 0 Å². The van der Waals surface area contributed by atoms with Gasteiger partial charge in [0.05, 0.1) is 12.3 Å². The van der Waals surface area contributed by atoms with Gasteiger partial charge in [0.2, 0.25) is 5.95 Å². The lowest BCUT2D eigenvalue weighted by molar-refractivity contribution is -0.134. The van der Waals surface area contributed by atoms with Gasteiger partial charge in [-0.1, -0.05) is 6.92 Å². The molecular formula is C16H17N5O3. The topological polar surface area (TPSA) is 137 Å². The summed E-state index contributed by atoms with van der Waals surface area (Å²) < 4.78 is 10.7. The Hall–Kier alpha value is -3.34. The average molecular weight is 327 g/mol. The number of aromatic nitrogens is 2. The van der Waals surface area contributed by atoms with Crippen LogP contribution in [0.15, 0.2) is 18.2 Å². The predicted molar refractivity (Wildman–Crippen MR) is 88.1 cm³/mol. The molecular weight excluding hydrogens is 310 g/mol. The van der Waals surface area contributed by atoms with Crippen LogP contribution in [0.25, 0.3) is 11.3 Å². The summed E-state index contributed by atoms with van der Waals surface area (Å²) in [6.45, 7) is 3.88. The summed E-state index contributed by atoms with van der Waals surface area (Å²) in [5.41, 5.74) is 12.3. The van der Waals surface area contributed by atoms with Crippen LogP contribution in [0, 0.1) is 11.3 Å². The molecule has 0 fully saturated rings. The van der Waals surface area contributed by atoms with Gasteiger partial charge in [-0.25, -0.2) is 4.98 Å². The Labute approximate surface area is 139 Å². The van der Waals surface area contributed by atoms with Gasteiger partial charge in [-0.2, -0.15) is 10.2 Å². The molecule has 2 rings (SSSR count). The third-order valence-electron chi connectivity index (χ3n) is 3.10. The Morgan fingerprint density at radius 1 is 1.25 bits per heavy atom. The van der Waals surface area contributed by atoms with Crippen molar-refractivity contribution >= 4 is 17.7 Å². The number of esters is 1. The number of benzene rings is 1. The van der Waals surface area contributed by atoms with Gasteiger partial charge in [0, 0.05) is 12.0 Å². The van der Waals surface area contributed by atoms with Crippen molar-refractivity contribution in [1.82, 2.24) is 9.97 Å². The summed E-state index contributed by atoms with van der Waals surface area (Å²) in [4.78, 5) is 19.4. The molecule has 0 saturated carbocycles. The highest BCUT2D eigenvalue weighted by atomic mass is 16.6. The smallest absolute Gasteiger partial charge is 0.311 e. The molecule has 0 aliphatic rings. The molecule has 0 aliphatic heterocycles. The third kappa shape index (κ3) is 3.52. The van der Waals surface area contributed by atoms with E-state index < -0.39 is 0 Å². The van der Waals surface area contributed by atoms with Crippen molar-refractivity contribution in [2.75, 3.05) is 18.1 Å². The van der Waals surface area contributed by atoms with Crippen molar-refractivity contribution in [3.8, 4) is 28.8 Å². The molecule has 8 nitrogen and oxygen atoms in total. The fraction of sp³-hybridized carbons (Fsp3) is 0.250. The second-order valence-corrected chi connectivity index (χ2v) is 4.72. The second-order valence-electron chi connectivity index (χ2n) is 4.72. The molecule has 2 aromatic rings. The number of ether oxygens (including phenoxy) is 2. The zero-order valence-corrected chi connectivity index (χ0v) is 13.4. The third-order valence-corrected chi connectivity index (χ3v) is 3.10. The Morgan fingerprint density at radius 2 is 2.00 bits per heavy atom. The first-order chi connectivity index (χ1) is 11.5. The number of nitrogens with zero attached hydrogens (tertiary/aromatic N) is 3. The van der Waals surface area contributed by atoms with Crippen molar-refractivity contribution in [1.29, 1.82) is 5.26 Å². The van der Waals surface area contributed by atoms with Crippen molar-refractivity contribution < 1.29 is 14.3 Å². The predicted octanol–water partition coefficient (Wildman–Crippen LogP) is 1.89. The number of anilines is 2. The van der Waals surface area contributed by atoms with Crippen molar-refractivity contribution in [2.45, 2.75) is 20.3 Å². The lowest BCUT2D eigenvalue weighted by Crippen LogP contribution is -2.08. The van der Waals surface area contributed by atoms with E-state index in [9.17, 15) is 10.1 Å². The van der Waals surface area contributed by atoms with Crippen LogP contribution in [0.4, 0.5) is 11.8 Å². The van der Waals surface area contributed by atoms with E-state index in [1.165, 1.54) is 0 Å². The molecule has 0 bridgehead atoms. The summed E-state index contributed by atoms with van der Waals surface area (Å²) >= 11 is 0. The molecule has 0 unspecified atom stereocenters. The van der Waals surface area contributed by atoms with E-state index in [0.29, 0.717) is 23.7 Å². The first-order valence-electron chi connectivity index (χ1n) is 7.31. The molecule has 0 radical (unpaired) electrons. The minimum absolute atomic E-state index is 0.000512. The molecule has 24 heavy (non-hydrogen) atoms. The number of hydrogen-bond donors (Lipinski definition) is 2. The van der Waals surface area contributed by atoms with Crippen LogP contribution in [-0.4, -0.2) is 22.5 Å². The molecule has 124 valence electrons. The van der Waals surface area contributed by atoms with Gasteiger partial charge < -0.3 is 20.9 Å². The summed E-state index contributed by atoms with van der Waals surface area (Å²) in [6, 6.07) is 6.79. The highest BCUT2D eigenvalue weighted by Crippen LogP contribution is 2.34. The maximum absolute atomic E-state index is 11.5. The number of nitrogens with two attached hydrogens (primary N) is 2. The highest BCUT2D eigenvalue weighted by Gasteiger charge is 2.16. The van der Waals surface area contributed by atoms with Crippen molar-refractivity contribution in [2.24, 2.45) is 0 Å². The SMILES string of the molecule is CCOc1cc(-c2nc(N)nc(N)c2C#N)ccc1OC(=O)CC. The summed E-state index contributed by atoms with van der Waals surface area (Å²) in [5.74, 6) is 0.231. The van der Waals surface area contributed by atoms with E-state index in [2.05, 4.69) is 9.97 Å². The minimum atomic E-state index is -0.378. The van der Waals surface area contributed by atoms with Gasteiger partial charge in [-0.3, -0.25) is 4.79 Å². The van der Waals surface area contributed by atoms with Crippen LogP contribution in [0.5, 0.6) is 11.5 Å². The van der Waals surface area contributed by atoms with Gasteiger partial charge in [-0.15, -0.1) is 0 Å². The molecule has 1 heterocycles. The van der Waals surface area contributed by atoms with Crippen LogP contribution < -0.4 is 20.9 Å². The first-order valence-corrected chi connectivity index (χ1v) is 7.31. The molecule has 1 aromatic heterocycles. The molecule has 4 N–H and O–H groups in total. The van der Waals surface area contributed by atoms with Crippen LogP contribution in [0.2, 0.25) is 0 Å². The fourth-order valence-corrected chi connectivity index (χ4v) is 2.02. The molecule has 0 saturated heterocycles. The quantitative estimate of drug-likeness (QED) is 0.627. The molecule has 1 aromatic carbocycles. The second kappa shape index (κ2) is 7.28. The van der Waals surface area contributed by atoms with Crippen molar-refractivity contribution in [3.05, 3.63) is 23.8 Å². The normalized spacial score (nSPS) is 10.0. The van der Waals surface area contributed by atoms with E-state index in [1.54, 1.807) is 32.0 Å². The fourth-order valence-electron chi connectivity index (χ4n) is 2.02. The summed E-state index contributed by atoms with van der Waals surface area (Å²) in [7, 11) is 0. The molecule has 0 amide bonds. The number of nitrogen functional groups attached to an aromatic ring is 2. The van der Waals surface area contributed by atoms with Crippen LogP contribution in [0.3, 0.4) is 0 Å². The molecule has 0 atom stereocenters. The maximum Gasteiger partial charge on any atom is 0.311 e. The van der Waals surface area contributed by atoms with Crippen LogP contribution in [0.1, 0.15) is 25.8 Å². The van der Waals surface area contributed by atoms with E-state index in [1.807, 2.05) is 6.07 Å². The van der Waals surface area contributed by atoms with Crippen LogP contribution >= 0.6 is 0 Å². The van der Waals surface area contributed by atoms with E-state index >= 15 is 0 Å². The minimum Gasteiger partial charge on any atom is -0.490 e. The molecule has 0 spiro atoms. The maximum atomic E-state index is 11.5. The standard InChI is InChI=1S/C16H17N5O3/c1-3-13(22)24-11-6-5-9(7-12(11)23-4-2)14-10(8-17)15(18)21-16(19)20-14/h5-7H,3-4H2,1-2H3,(H4,18,19,20,21). The number of nitriles is 1. The largest absolute Gasteiger partial charge is 0.490 e. The van der Waals surface area contributed by atoms with E-state index in [4.69, 9.17) is 20.9 Å². The lowest BCUT2D eigenvalue weighted by atomic mass is 10.1. The Balaban J connectivity index is 2.55. The van der Waals surface area contributed by atoms with E-state index in [0.717, 1.165) is 0 Å². The van der Waals surface area contributed by atoms with Crippen LogP contribution in [-0.2, 0) is 4.79 Å². The monoisotopic (exact) mass is 327 g/mol. The summed E-state index contributed by atoms with van der Waals surface area (Å²) in [6.07, 6.45) is 0.241. The Kier molecular flexibility index (Phi) is 5.16. The number of rotatable bonds is 5. The first kappa shape index (κ1) is 17.0. The molecule has 0 aliphatic carbocycles. The van der Waals surface area contributed by atoms with Gasteiger partial charge in [0.15, 0.2) is 11.5 Å².